The number of aromatic nitrogens is 3. The number of aryl methyl sites for hydroxylation is 1. The first-order valence-electron chi connectivity index (χ1n) is 5.50. The van der Waals surface area contributed by atoms with Gasteiger partial charge in [-0.1, -0.05) is 25.1 Å². The lowest BCUT2D eigenvalue weighted by molar-refractivity contribution is 0.676. The lowest BCUT2D eigenvalue weighted by Crippen LogP contribution is -2.16. The van der Waals surface area contributed by atoms with Crippen molar-refractivity contribution in [3.8, 4) is 5.69 Å². The van der Waals surface area contributed by atoms with Gasteiger partial charge in [-0.2, -0.15) is 0 Å². The van der Waals surface area contributed by atoms with E-state index in [9.17, 15) is 0 Å². The fraction of sp³-hybridized carbons (Fsp3) is 0.333. The van der Waals surface area contributed by atoms with Gasteiger partial charge in [0.2, 0.25) is 0 Å². The lowest BCUT2D eigenvalue weighted by atomic mass is 10.3. The third kappa shape index (κ3) is 2.12. The molecular formula is C12H16N4. The van der Waals surface area contributed by atoms with Crippen LogP contribution in [0.1, 0.15) is 18.6 Å². The highest BCUT2D eigenvalue weighted by Crippen LogP contribution is 2.11. The molecule has 0 aliphatic carbocycles. The molecule has 0 radical (unpaired) electrons. The average Bonchev–Trinajstić information content (AvgIpc) is 2.69. The number of nitrogens with zero attached hydrogens (tertiary/aromatic N) is 3. The van der Waals surface area contributed by atoms with Crippen molar-refractivity contribution in [1.29, 1.82) is 0 Å². The maximum Gasteiger partial charge on any atom is 0.151 e. The van der Waals surface area contributed by atoms with Crippen LogP contribution >= 0.6 is 0 Å². The molecule has 2 rings (SSSR count). The van der Waals surface area contributed by atoms with Gasteiger partial charge in [0.15, 0.2) is 5.82 Å². The molecular weight excluding hydrogens is 200 g/mol. The zero-order valence-electron chi connectivity index (χ0n) is 9.64. The van der Waals surface area contributed by atoms with Gasteiger partial charge in [-0.25, -0.2) is 0 Å². The van der Waals surface area contributed by atoms with Crippen molar-refractivity contribution in [1.82, 2.24) is 20.1 Å². The maximum atomic E-state index is 4.18. The van der Waals surface area contributed by atoms with Crippen LogP contribution in [0.4, 0.5) is 0 Å². The average molecular weight is 216 g/mol. The summed E-state index contributed by atoms with van der Waals surface area (Å²) in [7, 11) is 0. The fourth-order valence-electron chi connectivity index (χ4n) is 1.67. The monoisotopic (exact) mass is 216 g/mol. The number of benzene rings is 1. The minimum absolute atomic E-state index is 0.742. The van der Waals surface area contributed by atoms with E-state index in [-0.39, 0.29) is 0 Å². The molecule has 1 N–H and O–H groups in total. The molecule has 0 aliphatic rings. The molecule has 2 aromatic rings. The van der Waals surface area contributed by atoms with Crippen LogP contribution in [0.3, 0.4) is 0 Å². The molecule has 4 heteroatoms. The Balaban J connectivity index is 2.35. The number of hydrogen-bond donors (Lipinski definition) is 1. The van der Waals surface area contributed by atoms with E-state index in [1.165, 1.54) is 0 Å². The van der Waals surface area contributed by atoms with Crippen molar-refractivity contribution in [2.24, 2.45) is 0 Å². The van der Waals surface area contributed by atoms with Gasteiger partial charge < -0.3 is 5.32 Å². The molecule has 1 heterocycles. The Morgan fingerprint density at radius 3 is 2.62 bits per heavy atom. The van der Waals surface area contributed by atoms with E-state index >= 15 is 0 Å². The van der Waals surface area contributed by atoms with Gasteiger partial charge in [0.1, 0.15) is 5.82 Å². The summed E-state index contributed by atoms with van der Waals surface area (Å²) >= 11 is 0. The number of para-hydroxylation sites is 1. The summed E-state index contributed by atoms with van der Waals surface area (Å²) in [6.45, 7) is 5.72. The normalized spacial score (nSPS) is 10.6. The third-order valence-corrected chi connectivity index (χ3v) is 2.44. The van der Waals surface area contributed by atoms with Crippen LogP contribution < -0.4 is 5.32 Å². The first-order chi connectivity index (χ1) is 7.83. The van der Waals surface area contributed by atoms with Crippen LogP contribution in [-0.4, -0.2) is 21.3 Å². The van der Waals surface area contributed by atoms with Gasteiger partial charge in [0.05, 0.1) is 6.54 Å². The molecule has 0 bridgehead atoms. The summed E-state index contributed by atoms with van der Waals surface area (Å²) in [6, 6.07) is 10.2. The van der Waals surface area contributed by atoms with Crippen LogP contribution in [0, 0.1) is 6.92 Å². The molecule has 1 aromatic heterocycles. The Labute approximate surface area is 95.3 Å². The first kappa shape index (κ1) is 10.8. The summed E-state index contributed by atoms with van der Waals surface area (Å²) in [5, 5.41) is 11.6. The van der Waals surface area contributed by atoms with Gasteiger partial charge in [-0.15, -0.1) is 10.2 Å². The second-order valence-electron chi connectivity index (χ2n) is 3.61. The number of nitrogens with one attached hydrogen (secondary N) is 1. The molecule has 4 nitrogen and oxygen atoms in total. The maximum absolute atomic E-state index is 4.18. The highest BCUT2D eigenvalue weighted by molar-refractivity contribution is 5.33. The Morgan fingerprint density at radius 1 is 1.19 bits per heavy atom. The first-order valence-corrected chi connectivity index (χ1v) is 5.50. The van der Waals surface area contributed by atoms with E-state index < -0.39 is 0 Å². The van der Waals surface area contributed by atoms with Crippen LogP contribution in [0.15, 0.2) is 30.3 Å². The second-order valence-corrected chi connectivity index (χ2v) is 3.61. The summed E-state index contributed by atoms with van der Waals surface area (Å²) in [5.74, 6) is 1.87. The predicted octanol–water partition coefficient (Wildman–Crippen LogP) is 1.69. The molecule has 0 aliphatic heterocycles. The van der Waals surface area contributed by atoms with E-state index in [1.54, 1.807) is 0 Å². The van der Waals surface area contributed by atoms with Crippen molar-refractivity contribution in [2.75, 3.05) is 6.54 Å². The zero-order valence-corrected chi connectivity index (χ0v) is 9.64. The Bertz CT molecular complexity index is 447. The predicted molar refractivity (Wildman–Crippen MR) is 63.5 cm³/mol. The van der Waals surface area contributed by atoms with Crippen LogP contribution in [0.5, 0.6) is 0 Å². The van der Waals surface area contributed by atoms with E-state index in [0.29, 0.717) is 0 Å². The minimum Gasteiger partial charge on any atom is -0.310 e. The van der Waals surface area contributed by atoms with Gasteiger partial charge in [-0.05, 0) is 25.6 Å². The number of rotatable bonds is 4. The largest absolute Gasteiger partial charge is 0.310 e. The Morgan fingerprint density at radius 2 is 1.94 bits per heavy atom. The molecule has 16 heavy (non-hydrogen) atoms. The van der Waals surface area contributed by atoms with Crippen molar-refractivity contribution in [3.05, 3.63) is 42.0 Å². The quantitative estimate of drug-likeness (QED) is 0.845. The lowest BCUT2D eigenvalue weighted by Gasteiger charge is -2.08. The van der Waals surface area contributed by atoms with Crippen molar-refractivity contribution in [2.45, 2.75) is 20.4 Å². The smallest absolute Gasteiger partial charge is 0.151 e. The van der Waals surface area contributed by atoms with E-state index in [2.05, 4.69) is 39.1 Å². The third-order valence-electron chi connectivity index (χ3n) is 2.44. The second kappa shape index (κ2) is 4.90. The molecule has 0 amide bonds. The Kier molecular flexibility index (Phi) is 3.31. The van der Waals surface area contributed by atoms with E-state index in [4.69, 9.17) is 0 Å². The highest BCUT2D eigenvalue weighted by atomic mass is 15.3. The molecule has 0 spiro atoms. The molecule has 0 saturated carbocycles. The van der Waals surface area contributed by atoms with E-state index in [0.717, 1.165) is 30.4 Å². The van der Waals surface area contributed by atoms with Crippen LogP contribution in [-0.2, 0) is 6.54 Å². The molecule has 0 fully saturated rings. The zero-order chi connectivity index (χ0) is 11.4. The molecule has 0 saturated heterocycles. The minimum atomic E-state index is 0.742. The van der Waals surface area contributed by atoms with Crippen molar-refractivity contribution < 1.29 is 0 Å². The standard InChI is InChI=1S/C12H16N4/c1-3-13-9-12-15-14-10(2)16(12)11-7-5-4-6-8-11/h4-8,13H,3,9H2,1-2H3. The molecule has 84 valence electrons. The summed E-state index contributed by atoms with van der Waals surface area (Å²) in [4.78, 5) is 0. The van der Waals surface area contributed by atoms with Gasteiger partial charge in [0, 0.05) is 5.69 Å². The summed E-state index contributed by atoms with van der Waals surface area (Å²) in [6.07, 6.45) is 0. The van der Waals surface area contributed by atoms with Crippen LogP contribution in [0.25, 0.3) is 5.69 Å². The number of hydrogen-bond acceptors (Lipinski definition) is 3. The molecule has 1 aromatic carbocycles. The van der Waals surface area contributed by atoms with Crippen molar-refractivity contribution >= 4 is 0 Å². The summed E-state index contributed by atoms with van der Waals surface area (Å²) < 4.78 is 2.07. The fourth-order valence-corrected chi connectivity index (χ4v) is 1.67. The Hall–Kier alpha value is -1.68. The summed E-state index contributed by atoms with van der Waals surface area (Å²) in [5.41, 5.74) is 1.11. The van der Waals surface area contributed by atoms with E-state index in [1.807, 2.05) is 25.1 Å². The van der Waals surface area contributed by atoms with Gasteiger partial charge in [0.25, 0.3) is 0 Å². The molecule has 0 unspecified atom stereocenters. The van der Waals surface area contributed by atoms with Gasteiger partial charge >= 0.3 is 0 Å². The highest BCUT2D eigenvalue weighted by Gasteiger charge is 2.09. The topological polar surface area (TPSA) is 42.7 Å². The molecule has 0 atom stereocenters. The van der Waals surface area contributed by atoms with Gasteiger partial charge in [-0.3, -0.25) is 4.57 Å². The van der Waals surface area contributed by atoms with Crippen LogP contribution in [0.2, 0.25) is 0 Å². The van der Waals surface area contributed by atoms with Crippen molar-refractivity contribution in [3.63, 3.8) is 0 Å². The SMILES string of the molecule is CCNCc1nnc(C)n1-c1ccccc1.